The van der Waals surface area contributed by atoms with Crippen molar-refractivity contribution in [2.24, 2.45) is 0 Å². The van der Waals surface area contributed by atoms with Crippen LogP contribution in [0.4, 0.5) is 0 Å². The highest BCUT2D eigenvalue weighted by atomic mass is 32.2. The predicted octanol–water partition coefficient (Wildman–Crippen LogP) is 1.41. The zero-order valence-corrected chi connectivity index (χ0v) is 9.45. The van der Waals surface area contributed by atoms with E-state index in [1.54, 1.807) is 18.2 Å². The third-order valence-electron chi connectivity index (χ3n) is 2.44. The summed E-state index contributed by atoms with van der Waals surface area (Å²) in [5.74, 6) is 0.314. The number of hydrogen-bond acceptors (Lipinski definition) is 4. The van der Waals surface area contributed by atoms with Crippen LogP contribution in [0.3, 0.4) is 0 Å². The highest BCUT2D eigenvalue weighted by Gasteiger charge is 2.32. The summed E-state index contributed by atoms with van der Waals surface area (Å²) in [5.41, 5.74) is 0.580. The molecule has 84 valence electrons. The van der Waals surface area contributed by atoms with Crippen molar-refractivity contribution in [1.29, 1.82) is 0 Å². The second-order valence-corrected chi connectivity index (χ2v) is 5.30. The quantitative estimate of drug-likeness (QED) is 0.747. The summed E-state index contributed by atoms with van der Waals surface area (Å²) in [5, 5.41) is 0. The van der Waals surface area contributed by atoms with Crippen LogP contribution >= 0.6 is 0 Å². The van der Waals surface area contributed by atoms with Gasteiger partial charge in [-0.2, -0.15) is 0 Å². The van der Waals surface area contributed by atoms with Crippen molar-refractivity contribution in [3.63, 3.8) is 0 Å². The third kappa shape index (κ3) is 1.44. The fourth-order valence-corrected chi connectivity index (χ4v) is 3.41. The molecule has 4 nitrogen and oxygen atoms in total. The molecule has 0 bridgehead atoms. The van der Waals surface area contributed by atoms with Crippen molar-refractivity contribution in [2.75, 3.05) is 7.11 Å². The topological polar surface area (TPSA) is 60.4 Å². The van der Waals surface area contributed by atoms with Gasteiger partial charge in [0.2, 0.25) is 9.84 Å². The molecule has 5 heteroatoms. The van der Waals surface area contributed by atoms with Crippen LogP contribution in [-0.4, -0.2) is 21.8 Å². The van der Waals surface area contributed by atoms with E-state index >= 15 is 0 Å². The molecule has 1 aromatic carbocycles. The number of carbonyl (C=O) groups excluding carboxylic acids is 1. The Morgan fingerprint density at radius 2 is 2.12 bits per heavy atom. The minimum Gasteiger partial charge on any atom is -0.495 e. The summed E-state index contributed by atoms with van der Waals surface area (Å²) >= 11 is 0. The molecular weight excluding hydrogens is 228 g/mol. The first-order valence-corrected chi connectivity index (χ1v) is 6.16. The summed E-state index contributed by atoms with van der Waals surface area (Å²) in [6, 6.07) is 4.99. The van der Waals surface area contributed by atoms with Gasteiger partial charge in [-0.05, 0) is 17.7 Å². The van der Waals surface area contributed by atoms with Crippen LogP contribution in [0.2, 0.25) is 0 Å². The van der Waals surface area contributed by atoms with Crippen molar-refractivity contribution in [1.82, 2.24) is 0 Å². The molecule has 0 N–H and O–H groups in total. The first kappa shape index (κ1) is 10.9. The predicted molar refractivity (Wildman–Crippen MR) is 58.8 cm³/mol. The second-order valence-electron chi connectivity index (χ2n) is 3.36. The van der Waals surface area contributed by atoms with E-state index in [4.69, 9.17) is 4.74 Å². The highest BCUT2D eigenvalue weighted by molar-refractivity contribution is 7.96. The molecule has 1 aliphatic rings. The lowest BCUT2D eigenvalue weighted by Gasteiger charge is -2.06. The third-order valence-corrected chi connectivity index (χ3v) is 4.39. The van der Waals surface area contributed by atoms with Crippen LogP contribution in [-0.2, 0) is 14.6 Å². The molecule has 0 amide bonds. The Labute approximate surface area is 93.5 Å². The molecular formula is C11H10O4S. The smallest absolute Gasteiger partial charge is 0.207 e. The number of sulfone groups is 1. The molecule has 0 radical (unpaired) electrons. The Balaban J connectivity index is 2.66. The first-order chi connectivity index (χ1) is 7.61. The first-order valence-electron chi connectivity index (χ1n) is 4.67. The molecule has 0 unspecified atom stereocenters. The monoisotopic (exact) mass is 238 g/mol. The van der Waals surface area contributed by atoms with Gasteiger partial charge in [0.1, 0.15) is 16.9 Å². The molecule has 1 aromatic rings. The van der Waals surface area contributed by atoms with Crippen LogP contribution in [0.15, 0.2) is 28.0 Å². The number of ether oxygens (including phenoxy) is 1. The molecule has 0 fully saturated rings. The van der Waals surface area contributed by atoms with Crippen LogP contribution < -0.4 is 4.74 Å². The SMILES string of the molecule is COc1cccc2c1S(=O)(=O)C(CC=O)=C2. The van der Waals surface area contributed by atoms with Gasteiger partial charge in [-0.25, -0.2) is 8.42 Å². The van der Waals surface area contributed by atoms with Crippen LogP contribution in [0.5, 0.6) is 5.75 Å². The minimum atomic E-state index is -3.55. The maximum absolute atomic E-state index is 12.0. The summed E-state index contributed by atoms with van der Waals surface area (Å²) in [6.07, 6.45) is 2.00. The normalized spacial score (nSPS) is 16.4. The molecule has 0 aliphatic carbocycles. The number of methoxy groups -OCH3 is 1. The van der Waals surface area contributed by atoms with E-state index in [0.717, 1.165) is 0 Å². The summed E-state index contributed by atoms with van der Waals surface area (Å²) < 4.78 is 29.1. The van der Waals surface area contributed by atoms with E-state index in [2.05, 4.69) is 0 Å². The average Bonchev–Trinajstić information content (AvgIpc) is 2.52. The molecule has 1 heterocycles. The van der Waals surface area contributed by atoms with Crippen molar-refractivity contribution in [3.05, 3.63) is 28.7 Å². The Bertz CT molecular complexity index is 570. The fraction of sp³-hybridized carbons (Fsp3) is 0.182. The molecule has 0 saturated heterocycles. The number of rotatable bonds is 3. The number of hydrogen-bond donors (Lipinski definition) is 0. The lowest BCUT2D eigenvalue weighted by Crippen LogP contribution is -2.03. The highest BCUT2D eigenvalue weighted by Crippen LogP contribution is 2.39. The maximum atomic E-state index is 12.0. The lowest BCUT2D eigenvalue weighted by atomic mass is 10.2. The standard InChI is InChI=1S/C11H10O4S/c1-15-10-4-2-3-8-7-9(5-6-12)16(13,14)11(8)10/h2-4,6-7H,5H2,1H3. The Morgan fingerprint density at radius 3 is 2.75 bits per heavy atom. The molecule has 0 spiro atoms. The van der Waals surface area contributed by atoms with E-state index in [1.165, 1.54) is 13.2 Å². The summed E-state index contributed by atoms with van der Waals surface area (Å²) in [4.78, 5) is 10.7. The van der Waals surface area contributed by atoms with E-state index in [0.29, 0.717) is 17.6 Å². The van der Waals surface area contributed by atoms with E-state index in [1.807, 2.05) is 0 Å². The van der Waals surface area contributed by atoms with Crippen LogP contribution in [0, 0.1) is 0 Å². The fourth-order valence-electron chi connectivity index (χ4n) is 1.73. The number of aldehydes is 1. The van der Waals surface area contributed by atoms with Gasteiger partial charge in [0.05, 0.1) is 12.0 Å². The molecule has 0 saturated carbocycles. The van der Waals surface area contributed by atoms with Gasteiger partial charge >= 0.3 is 0 Å². The second kappa shape index (κ2) is 3.75. The molecule has 1 aliphatic heterocycles. The van der Waals surface area contributed by atoms with Gasteiger partial charge in [-0.1, -0.05) is 12.1 Å². The van der Waals surface area contributed by atoms with E-state index in [9.17, 15) is 13.2 Å². The van der Waals surface area contributed by atoms with E-state index < -0.39 is 9.84 Å². The Morgan fingerprint density at radius 1 is 1.38 bits per heavy atom. The molecule has 2 rings (SSSR count). The number of carbonyl (C=O) groups is 1. The van der Waals surface area contributed by atoms with Crippen molar-refractivity contribution >= 4 is 22.2 Å². The van der Waals surface area contributed by atoms with Gasteiger partial charge in [0.25, 0.3) is 0 Å². The van der Waals surface area contributed by atoms with Crippen LogP contribution in [0.25, 0.3) is 6.08 Å². The minimum absolute atomic E-state index is 0.0971. The summed E-state index contributed by atoms with van der Waals surface area (Å²) in [6.45, 7) is 0. The summed E-state index contributed by atoms with van der Waals surface area (Å²) in [7, 11) is -2.13. The van der Waals surface area contributed by atoms with Gasteiger partial charge in [0.15, 0.2) is 0 Å². The molecule has 0 atom stereocenters. The number of fused-ring (bicyclic) bond motifs is 1. The Hall–Kier alpha value is -1.62. The lowest BCUT2D eigenvalue weighted by molar-refractivity contribution is -0.107. The zero-order chi connectivity index (χ0) is 11.8. The number of benzene rings is 1. The van der Waals surface area contributed by atoms with Crippen molar-refractivity contribution in [3.8, 4) is 5.75 Å². The largest absolute Gasteiger partial charge is 0.495 e. The Kier molecular flexibility index (Phi) is 2.55. The average molecular weight is 238 g/mol. The van der Waals surface area contributed by atoms with Gasteiger partial charge < -0.3 is 9.53 Å². The van der Waals surface area contributed by atoms with Crippen molar-refractivity contribution < 1.29 is 17.9 Å². The molecule has 16 heavy (non-hydrogen) atoms. The number of allylic oxidation sites excluding steroid dienone is 1. The molecule has 0 aromatic heterocycles. The van der Waals surface area contributed by atoms with Gasteiger partial charge in [-0.15, -0.1) is 0 Å². The maximum Gasteiger partial charge on any atom is 0.207 e. The van der Waals surface area contributed by atoms with E-state index in [-0.39, 0.29) is 16.2 Å². The van der Waals surface area contributed by atoms with Crippen molar-refractivity contribution in [2.45, 2.75) is 11.3 Å². The van der Waals surface area contributed by atoms with Crippen LogP contribution in [0.1, 0.15) is 12.0 Å². The van der Waals surface area contributed by atoms with Gasteiger partial charge in [-0.3, -0.25) is 0 Å². The van der Waals surface area contributed by atoms with Gasteiger partial charge in [0, 0.05) is 6.42 Å². The zero-order valence-electron chi connectivity index (χ0n) is 8.64.